The second kappa shape index (κ2) is 11.0. The third-order valence-corrected chi connectivity index (χ3v) is 4.05. The molecule has 22 heavy (non-hydrogen) atoms. The quantitative estimate of drug-likeness (QED) is 0.742. The van der Waals surface area contributed by atoms with Gasteiger partial charge >= 0.3 is 0 Å². The molecule has 0 radical (unpaired) electrons. The van der Waals surface area contributed by atoms with Gasteiger partial charge in [-0.1, -0.05) is 0 Å². The van der Waals surface area contributed by atoms with Crippen molar-refractivity contribution in [2.45, 2.75) is 32.2 Å². The van der Waals surface area contributed by atoms with Crippen LogP contribution >= 0.6 is 24.8 Å². The van der Waals surface area contributed by atoms with Crippen LogP contribution in [0.15, 0.2) is 0 Å². The average molecular weight is 355 g/mol. The Kier molecular flexibility index (Phi) is 10.8. The molecule has 2 heterocycles. The number of piperazine rings is 1. The summed E-state index contributed by atoms with van der Waals surface area (Å²) in [7, 11) is 0. The van der Waals surface area contributed by atoms with E-state index < -0.39 is 0 Å². The van der Waals surface area contributed by atoms with E-state index in [4.69, 9.17) is 0 Å². The minimum absolute atomic E-state index is 0. The van der Waals surface area contributed by atoms with Gasteiger partial charge in [-0.2, -0.15) is 0 Å². The Labute approximate surface area is 145 Å². The molecule has 0 aromatic heterocycles. The molecule has 8 heteroatoms. The van der Waals surface area contributed by atoms with Crippen LogP contribution in [0.1, 0.15) is 26.2 Å². The smallest absolute Gasteiger partial charge is 0.234 e. The van der Waals surface area contributed by atoms with Gasteiger partial charge in [-0.15, -0.1) is 24.8 Å². The van der Waals surface area contributed by atoms with Crippen LogP contribution in [-0.2, 0) is 9.59 Å². The van der Waals surface area contributed by atoms with Gasteiger partial charge in [-0.05, 0) is 26.3 Å². The summed E-state index contributed by atoms with van der Waals surface area (Å²) in [5.74, 6) is 0.324. The second-order valence-corrected chi connectivity index (χ2v) is 5.61. The van der Waals surface area contributed by atoms with E-state index >= 15 is 0 Å². The number of nitrogens with zero attached hydrogens (tertiary/aromatic N) is 2. The SMILES string of the molecule is CCNC(=O)CN1CCN(C(=O)CC2CCCN2)CC1.Cl.Cl. The van der Waals surface area contributed by atoms with E-state index in [9.17, 15) is 9.59 Å². The van der Waals surface area contributed by atoms with E-state index in [1.165, 1.54) is 6.42 Å². The van der Waals surface area contributed by atoms with Crippen LogP contribution in [0.3, 0.4) is 0 Å². The number of halogens is 2. The molecule has 1 atom stereocenters. The molecule has 6 nitrogen and oxygen atoms in total. The van der Waals surface area contributed by atoms with Crippen LogP contribution in [0.4, 0.5) is 0 Å². The first kappa shape index (κ1) is 21.4. The van der Waals surface area contributed by atoms with Gasteiger partial charge in [0.15, 0.2) is 0 Å². The Bertz CT molecular complexity index is 344. The summed E-state index contributed by atoms with van der Waals surface area (Å²) in [6, 6.07) is 0.371. The van der Waals surface area contributed by atoms with Gasteiger partial charge < -0.3 is 15.5 Å². The number of hydrogen-bond acceptors (Lipinski definition) is 4. The molecule has 0 aromatic carbocycles. The Hall–Kier alpha value is -0.560. The zero-order valence-corrected chi connectivity index (χ0v) is 14.8. The fraction of sp³-hybridized carbons (Fsp3) is 0.857. The number of carbonyl (C=O) groups is 2. The van der Waals surface area contributed by atoms with Crippen LogP contribution in [0.2, 0.25) is 0 Å². The third kappa shape index (κ3) is 6.69. The Morgan fingerprint density at radius 2 is 1.86 bits per heavy atom. The number of nitrogens with one attached hydrogen (secondary N) is 2. The van der Waals surface area contributed by atoms with Crippen LogP contribution < -0.4 is 10.6 Å². The molecular formula is C14H28Cl2N4O2. The second-order valence-electron chi connectivity index (χ2n) is 5.61. The summed E-state index contributed by atoms with van der Waals surface area (Å²) >= 11 is 0. The minimum Gasteiger partial charge on any atom is -0.355 e. The lowest BCUT2D eigenvalue weighted by molar-refractivity contribution is -0.133. The molecular weight excluding hydrogens is 327 g/mol. The number of carbonyl (C=O) groups excluding carboxylic acids is 2. The monoisotopic (exact) mass is 354 g/mol. The summed E-state index contributed by atoms with van der Waals surface area (Å²) in [5, 5.41) is 6.17. The first-order chi connectivity index (χ1) is 9.69. The van der Waals surface area contributed by atoms with Crippen molar-refractivity contribution in [2.24, 2.45) is 0 Å². The van der Waals surface area contributed by atoms with Crippen LogP contribution in [0, 0.1) is 0 Å². The lowest BCUT2D eigenvalue weighted by Crippen LogP contribution is -2.51. The van der Waals surface area contributed by atoms with Crippen LogP contribution in [0.5, 0.6) is 0 Å². The van der Waals surface area contributed by atoms with Gasteiger partial charge in [0.25, 0.3) is 0 Å². The molecule has 2 aliphatic heterocycles. The molecule has 2 rings (SSSR count). The molecule has 0 spiro atoms. The van der Waals surface area contributed by atoms with Gasteiger partial charge in [0, 0.05) is 45.2 Å². The molecule has 2 N–H and O–H groups in total. The molecule has 0 aliphatic carbocycles. The van der Waals surface area contributed by atoms with Crippen molar-refractivity contribution in [2.75, 3.05) is 45.8 Å². The Morgan fingerprint density at radius 1 is 1.18 bits per heavy atom. The Balaban J connectivity index is 0.00000220. The van der Waals surface area contributed by atoms with E-state index in [-0.39, 0.29) is 36.6 Å². The number of likely N-dealkylation sites (N-methyl/N-ethyl adjacent to an activating group) is 1. The highest BCUT2D eigenvalue weighted by atomic mass is 35.5. The predicted octanol–water partition coefficient (Wildman–Crippen LogP) is 0.252. The topological polar surface area (TPSA) is 64.7 Å². The lowest BCUT2D eigenvalue weighted by atomic mass is 10.1. The number of amides is 2. The highest BCUT2D eigenvalue weighted by Crippen LogP contribution is 2.11. The summed E-state index contributed by atoms with van der Waals surface area (Å²) in [6.45, 7) is 7.15. The van der Waals surface area contributed by atoms with E-state index in [0.717, 1.165) is 39.1 Å². The highest BCUT2D eigenvalue weighted by Gasteiger charge is 2.25. The summed E-state index contributed by atoms with van der Waals surface area (Å²) in [5.41, 5.74) is 0. The maximum Gasteiger partial charge on any atom is 0.234 e. The fourth-order valence-corrected chi connectivity index (χ4v) is 2.88. The van der Waals surface area contributed by atoms with Gasteiger partial charge in [-0.3, -0.25) is 14.5 Å². The maximum absolute atomic E-state index is 12.2. The number of hydrogen-bond donors (Lipinski definition) is 2. The normalized spacial score (nSPS) is 21.7. The molecule has 2 aliphatic rings. The molecule has 2 fully saturated rings. The van der Waals surface area contributed by atoms with Crippen molar-refractivity contribution < 1.29 is 9.59 Å². The van der Waals surface area contributed by atoms with Gasteiger partial charge in [0.05, 0.1) is 6.54 Å². The largest absolute Gasteiger partial charge is 0.355 e. The standard InChI is InChI=1S/C14H26N4O2.2ClH/c1-2-15-13(19)11-17-6-8-18(9-7-17)14(20)10-12-4-3-5-16-12;;/h12,16H,2-11H2,1H3,(H,15,19);2*1H. The van der Waals surface area contributed by atoms with E-state index in [0.29, 0.717) is 25.6 Å². The lowest BCUT2D eigenvalue weighted by Gasteiger charge is -2.34. The van der Waals surface area contributed by atoms with Crippen LogP contribution in [0.25, 0.3) is 0 Å². The van der Waals surface area contributed by atoms with Crippen molar-refractivity contribution in [1.82, 2.24) is 20.4 Å². The van der Waals surface area contributed by atoms with Crippen molar-refractivity contribution >= 4 is 36.6 Å². The molecule has 0 saturated carbocycles. The van der Waals surface area contributed by atoms with E-state index in [1.54, 1.807) is 0 Å². The molecule has 0 bridgehead atoms. The number of rotatable bonds is 5. The van der Waals surface area contributed by atoms with E-state index in [1.807, 2.05) is 11.8 Å². The molecule has 0 aromatic rings. The molecule has 1 unspecified atom stereocenters. The van der Waals surface area contributed by atoms with Crippen molar-refractivity contribution in [3.05, 3.63) is 0 Å². The minimum atomic E-state index is 0. The fourth-order valence-electron chi connectivity index (χ4n) is 2.88. The summed E-state index contributed by atoms with van der Waals surface area (Å²) < 4.78 is 0. The zero-order valence-electron chi connectivity index (χ0n) is 13.2. The molecule has 2 amide bonds. The zero-order chi connectivity index (χ0) is 14.4. The summed E-state index contributed by atoms with van der Waals surface area (Å²) in [6.07, 6.45) is 2.91. The first-order valence-corrected chi connectivity index (χ1v) is 7.69. The Morgan fingerprint density at radius 3 is 2.41 bits per heavy atom. The molecule has 2 saturated heterocycles. The van der Waals surface area contributed by atoms with Gasteiger partial charge in [-0.25, -0.2) is 0 Å². The maximum atomic E-state index is 12.2. The van der Waals surface area contributed by atoms with Gasteiger partial charge in [0.1, 0.15) is 0 Å². The first-order valence-electron chi connectivity index (χ1n) is 7.69. The predicted molar refractivity (Wildman–Crippen MR) is 91.8 cm³/mol. The summed E-state index contributed by atoms with van der Waals surface area (Å²) in [4.78, 5) is 27.7. The van der Waals surface area contributed by atoms with Gasteiger partial charge in [0.2, 0.25) is 11.8 Å². The van der Waals surface area contributed by atoms with Crippen molar-refractivity contribution in [3.63, 3.8) is 0 Å². The highest BCUT2D eigenvalue weighted by molar-refractivity contribution is 5.85. The third-order valence-electron chi connectivity index (χ3n) is 4.05. The van der Waals surface area contributed by atoms with Crippen LogP contribution in [-0.4, -0.2) is 73.5 Å². The van der Waals surface area contributed by atoms with Crippen molar-refractivity contribution in [3.8, 4) is 0 Å². The van der Waals surface area contributed by atoms with E-state index in [2.05, 4.69) is 15.5 Å². The average Bonchev–Trinajstić information content (AvgIpc) is 2.92. The molecule has 130 valence electrons. The van der Waals surface area contributed by atoms with Crippen molar-refractivity contribution in [1.29, 1.82) is 0 Å².